The Balaban J connectivity index is 1.87. The minimum Gasteiger partial charge on any atom is -0.355 e. The third-order valence-electron chi connectivity index (χ3n) is 2.88. The van der Waals surface area contributed by atoms with Crippen molar-refractivity contribution in [1.29, 1.82) is 0 Å². The molecule has 0 saturated heterocycles. The molecule has 0 unspecified atom stereocenters. The van der Waals surface area contributed by atoms with Gasteiger partial charge in [-0.2, -0.15) is 0 Å². The van der Waals surface area contributed by atoms with E-state index in [-0.39, 0.29) is 0 Å². The van der Waals surface area contributed by atoms with Gasteiger partial charge < -0.3 is 9.88 Å². The molecule has 0 aliphatic heterocycles. The molecule has 2 aromatic rings. The zero-order chi connectivity index (χ0) is 12.8. The van der Waals surface area contributed by atoms with E-state index in [2.05, 4.69) is 45.5 Å². The molecule has 0 saturated carbocycles. The third kappa shape index (κ3) is 3.60. The maximum Gasteiger partial charge on any atom is 0.203 e. The molecule has 0 spiro atoms. The zero-order valence-electron chi connectivity index (χ0n) is 11.1. The molecule has 0 aliphatic carbocycles. The molecule has 3 nitrogen and oxygen atoms in total. The highest BCUT2D eigenvalue weighted by molar-refractivity contribution is 7.09. The van der Waals surface area contributed by atoms with Gasteiger partial charge >= 0.3 is 0 Å². The summed E-state index contributed by atoms with van der Waals surface area (Å²) in [4.78, 5) is 5.96. The predicted molar refractivity (Wildman–Crippen MR) is 78.4 cm³/mol. The van der Waals surface area contributed by atoms with Gasteiger partial charge in [-0.3, -0.25) is 0 Å². The highest BCUT2D eigenvalue weighted by atomic mass is 32.1. The highest BCUT2D eigenvalue weighted by Crippen LogP contribution is 2.12. The van der Waals surface area contributed by atoms with Gasteiger partial charge in [-0.05, 0) is 31.2 Å². The summed E-state index contributed by atoms with van der Waals surface area (Å²) in [6.07, 6.45) is 5.61. The Morgan fingerprint density at radius 2 is 2.33 bits per heavy atom. The smallest absolute Gasteiger partial charge is 0.203 e. The van der Waals surface area contributed by atoms with Gasteiger partial charge in [-0.25, -0.2) is 4.98 Å². The normalized spacial score (nSPS) is 10.8. The molecule has 0 aliphatic rings. The van der Waals surface area contributed by atoms with E-state index in [0.717, 1.165) is 31.2 Å². The fourth-order valence-electron chi connectivity index (χ4n) is 1.94. The van der Waals surface area contributed by atoms with Crippen LogP contribution in [0.25, 0.3) is 0 Å². The summed E-state index contributed by atoms with van der Waals surface area (Å²) < 4.78 is 2.23. The first-order chi connectivity index (χ1) is 8.79. The molecule has 0 radical (unpaired) electrons. The second-order valence-corrected chi connectivity index (χ2v) is 5.54. The van der Waals surface area contributed by atoms with Crippen LogP contribution in [0.15, 0.2) is 23.7 Å². The quantitative estimate of drug-likeness (QED) is 0.825. The predicted octanol–water partition coefficient (Wildman–Crippen LogP) is 3.71. The number of nitrogens with one attached hydrogen (secondary N) is 1. The molecule has 2 aromatic heterocycles. The van der Waals surface area contributed by atoms with Crippen LogP contribution >= 0.6 is 11.3 Å². The van der Waals surface area contributed by atoms with E-state index >= 15 is 0 Å². The van der Waals surface area contributed by atoms with Gasteiger partial charge in [0.15, 0.2) is 0 Å². The van der Waals surface area contributed by atoms with Gasteiger partial charge in [0.2, 0.25) is 5.95 Å². The molecule has 0 bridgehead atoms. The second-order valence-electron chi connectivity index (χ2n) is 4.51. The van der Waals surface area contributed by atoms with Crippen LogP contribution in [0.4, 0.5) is 5.95 Å². The number of nitrogens with zero attached hydrogens (tertiary/aromatic N) is 2. The maximum atomic E-state index is 4.54. The van der Waals surface area contributed by atoms with Crippen molar-refractivity contribution in [2.24, 2.45) is 0 Å². The largest absolute Gasteiger partial charge is 0.355 e. The van der Waals surface area contributed by atoms with Crippen LogP contribution in [0.2, 0.25) is 0 Å². The van der Waals surface area contributed by atoms with E-state index in [1.165, 1.54) is 17.7 Å². The number of unbranched alkanes of at least 4 members (excludes halogenated alkanes) is 1. The van der Waals surface area contributed by atoms with Crippen LogP contribution in [0, 0.1) is 6.92 Å². The number of hydrogen-bond donors (Lipinski definition) is 1. The summed E-state index contributed by atoms with van der Waals surface area (Å²) in [7, 11) is 0. The lowest BCUT2D eigenvalue weighted by Crippen LogP contribution is -2.10. The van der Waals surface area contributed by atoms with Crippen molar-refractivity contribution in [1.82, 2.24) is 9.55 Å². The van der Waals surface area contributed by atoms with Gasteiger partial charge in [-0.1, -0.05) is 19.4 Å². The number of anilines is 1. The average molecular weight is 263 g/mol. The summed E-state index contributed by atoms with van der Waals surface area (Å²) in [6, 6.07) is 4.29. The molecule has 4 heteroatoms. The molecular formula is C14H21N3S. The number of aromatic nitrogens is 2. The molecule has 0 fully saturated rings. The Labute approximate surface area is 113 Å². The number of imidazole rings is 1. The van der Waals surface area contributed by atoms with Crippen molar-refractivity contribution in [2.45, 2.75) is 39.7 Å². The van der Waals surface area contributed by atoms with E-state index in [4.69, 9.17) is 0 Å². The maximum absolute atomic E-state index is 4.54. The van der Waals surface area contributed by atoms with Crippen molar-refractivity contribution < 1.29 is 0 Å². The van der Waals surface area contributed by atoms with Gasteiger partial charge in [0, 0.05) is 24.2 Å². The summed E-state index contributed by atoms with van der Waals surface area (Å²) in [5.41, 5.74) is 1.09. The van der Waals surface area contributed by atoms with E-state index in [1.807, 2.05) is 18.3 Å². The van der Waals surface area contributed by atoms with Crippen LogP contribution in [0.3, 0.4) is 0 Å². The number of hydrogen-bond acceptors (Lipinski definition) is 3. The van der Waals surface area contributed by atoms with Gasteiger partial charge in [-0.15, -0.1) is 11.3 Å². The minimum atomic E-state index is 0.948. The molecule has 0 atom stereocenters. The second kappa shape index (κ2) is 6.59. The summed E-state index contributed by atoms with van der Waals surface area (Å²) in [5.74, 6) is 1.01. The van der Waals surface area contributed by atoms with Crippen molar-refractivity contribution >= 4 is 17.3 Å². The first-order valence-corrected chi connectivity index (χ1v) is 7.47. The minimum absolute atomic E-state index is 0.948. The molecule has 1 N–H and O–H groups in total. The lowest BCUT2D eigenvalue weighted by atomic mass is 10.3. The summed E-state index contributed by atoms with van der Waals surface area (Å²) >= 11 is 1.81. The standard InChI is InChI=1S/C14H21N3S/c1-3-4-9-17-11-12(2)16-14(17)15-8-7-13-6-5-10-18-13/h5-6,10-11H,3-4,7-9H2,1-2H3,(H,15,16). The van der Waals surface area contributed by atoms with E-state index in [9.17, 15) is 0 Å². The lowest BCUT2D eigenvalue weighted by Gasteiger charge is -2.08. The molecule has 0 amide bonds. The molecule has 2 heterocycles. The number of rotatable bonds is 7. The fraction of sp³-hybridized carbons (Fsp3) is 0.500. The summed E-state index contributed by atoms with van der Waals surface area (Å²) in [5, 5.41) is 5.57. The zero-order valence-corrected chi connectivity index (χ0v) is 12.0. The Morgan fingerprint density at radius 3 is 3.06 bits per heavy atom. The topological polar surface area (TPSA) is 29.9 Å². The van der Waals surface area contributed by atoms with Crippen molar-refractivity contribution in [2.75, 3.05) is 11.9 Å². The van der Waals surface area contributed by atoms with Crippen molar-refractivity contribution in [3.05, 3.63) is 34.3 Å². The van der Waals surface area contributed by atoms with E-state index in [1.54, 1.807) is 0 Å². The molecule has 0 aromatic carbocycles. The number of thiophene rings is 1. The summed E-state index contributed by atoms with van der Waals surface area (Å²) in [6.45, 7) is 6.27. The van der Waals surface area contributed by atoms with E-state index < -0.39 is 0 Å². The molecule has 2 rings (SSSR count). The molecular weight excluding hydrogens is 242 g/mol. The van der Waals surface area contributed by atoms with Gasteiger partial charge in [0.25, 0.3) is 0 Å². The van der Waals surface area contributed by atoms with Crippen LogP contribution < -0.4 is 5.32 Å². The number of aryl methyl sites for hydroxylation is 2. The fourth-order valence-corrected chi connectivity index (χ4v) is 2.65. The lowest BCUT2D eigenvalue weighted by molar-refractivity contribution is 0.634. The van der Waals surface area contributed by atoms with Gasteiger partial charge in [0.1, 0.15) is 0 Å². The Hall–Kier alpha value is -1.29. The average Bonchev–Trinajstić information content (AvgIpc) is 2.97. The first kappa shape index (κ1) is 13.1. The molecule has 18 heavy (non-hydrogen) atoms. The van der Waals surface area contributed by atoms with Crippen LogP contribution in [-0.4, -0.2) is 16.1 Å². The van der Waals surface area contributed by atoms with Crippen molar-refractivity contribution in [3.63, 3.8) is 0 Å². The molecule has 98 valence electrons. The van der Waals surface area contributed by atoms with Gasteiger partial charge in [0.05, 0.1) is 5.69 Å². The Kier molecular flexibility index (Phi) is 4.81. The van der Waals surface area contributed by atoms with E-state index in [0.29, 0.717) is 0 Å². The Morgan fingerprint density at radius 1 is 1.44 bits per heavy atom. The van der Waals surface area contributed by atoms with Crippen molar-refractivity contribution in [3.8, 4) is 0 Å². The van der Waals surface area contributed by atoms with Crippen LogP contribution in [0.5, 0.6) is 0 Å². The highest BCUT2D eigenvalue weighted by Gasteiger charge is 2.04. The monoisotopic (exact) mass is 263 g/mol. The first-order valence-electron chi connectivity index (χ1n) is 6.59. The van der Waals surface area contributed by atoms with Crippen LogP contribution in [0.1, 0.15) is 30.3 Å². The van der Waals surface area contributed by atoms with Crippen LogP contribution in [-0.2, 0) is 13.0 Å². The third-order valence-corrected chi connectivity index (χ3v) is 3.82. The Bertz CT molecular complexity index is 459. The SMILES string of the molecule is CCCCn1cc(C)nc1NCCc1cccs1.